The van der Waals surface area contributed by atoms with Crippen molar-refractivity contribution in [1.82, 2.24) is 9.80 Å². The van der Waals surface area contributed by atoms with E-state index in [0.717, 1.165) is 25.3 Å². The van der Waals surface area contributed by atoms with Crippen molar-refractivity contribution >= 4 is 17.5 Å². The molecule has 1 aromatic carbocycles. The summed E-state index contributed by atoms with van der Waals surface area (Å²) in [6.07, 6.45) is -2.94. The van der Waals surface area contributed by atoms with Crippen LogP contribution in [-0.2, 0) is 28.7 Å². The molecule has 1 saturated heterocycles. The van der Waals surface area contributed by atoms with Crippen molar-refractivity contribution in [1.29, 1.82) is 0 Å². The largest absolute Gasteiger partial charge is 0.510 e. The van der Waals surface area contributed by atoms with Crippen molar-refractivity contribution in [2.75, 3.05) is 27.2 Å². The van der Waals surface area contributed by atoms with Crippen molar-refractivity contribution in [2.45, 2.75) is 56.5 Å². The molecular weight excluding hydrogens is 547 g/mol. The molecule has 13 heteroatoms. The number of amides is 1. The summed E-state index contributed by atoms with van der Waals surface area (Å²) in [6.45, 7) is 1.13. The summed E-state index contributed by atoms with van der Waals surface area (Å²) in [4.78, 5) is 42.4. The Labute approximate surface area is 233 Å². The van der Waals surface area contributed by atoms with E-state index in [2.05, 4.69) is 0 Å². The lowest BCUT2D eigenvalue weighted by Crippen LogP contribution is -2.63. The molecule has 0 spiro atoms. The molecule has 10 nitrogen and oxygen atoms in total. The third kappa shape index (κ3) is 4.32. The molecule has 1 amide bonds. The minimum Gasteiger partial charge on any atom is -0.510 e. The summed E-state index contributed by atoms with van der Waals surface area (Å²) in [5.74, 6) is -8.91. The highest BCUT2D eigenvalue weighted by atomic mass is 19.4. The first-order valence-electron chi connectivity index (χ1n) is 13.4. The van der Waals surface area contributed by atoms with Gasteiger partial charge in [-0.25, -0.2) is 0 Å². The number of aromatic hydroxyl groups is 1. The fourth-order valence-electron chi connectivity index (χ4n) is 7.23. The molecule has 0 aromatic heterocycles. The minimum absolute atomic E-state index is 0.0728. The monoisotopic (exact) mass is 579 g/mol. The number of likely N-dealkylation sites (N-methyl/N-ethyl adjacent to an activating group) is 1. The maximum Gasteiger partial charge on any atom is 0.417 e. The van der Waals surface area contributed by atoms with Crippen LogP contribution < -0.4 is 5.73 Å². The van der Waals surface area contributed by atoms with Gasteiger partial charge in [0.25, 0.3) is 5.91 Å². The van der Waals surface area contributed by atoms with Crippen molar-refractivity contribution in [3.8, 4) is 5.75 Å². The highest BCUT2D eigenvalue weighted by Gasteiger charge is 2.63. The average Bonchev–Trinajstić information content (AvgIpc) is 2.85. The number of carbonyl (C=O) groups is 3. The van der Waals surface area contributed by atoms with Gasteiger partial charge in [-0.15, -0.1) is 0 Å². The van der Waals surface area contributed by atoms with Crippen molar-refractivity contribution in [3.63, 3.8) is 0 Å². The maximum atomic E-state index is 14.6. The summed E-state index contributed by atoms with van der Waals surface area (Å²) < 4.78 is 43.9. The Kier molecular flexibility index (Phi) is 6.98. The molecule has 3 aliphatic carbocycles. The van der Waals surface area contributed by atoms with Crippen LogP contribution in [0.4, 0.5) is 13.2 Å². The topological polar surface area (TPSA) is 165 Å². The quantitative estimate of drug-likeness (QED) is 0.336. The van der Waals surface area contributed by atoms with E-state index in [0.29, 0.717) is 13.1 Å². The van der Waals surface area contributed by atoms with E-state index < -0.39 is 98.7 Å². The van der Waals surface area contributed by atoms with E-state index in [1.165, 1.54) is 19.0 Å². The fraction of sp³-hybridized carbons (Fsp3) is 0.536. The highest BCUT2D eigenvalue weighted by molar-refractivity contribution is 6.24. The van der Waals surface area contributed by atoms with Gasteiger partial charge < -0.3 is 26.2 Å². The Bertz CT molecular complexity index is 1410. The van der Waals surface area contributed by atoms with Gasteiger partial charge in [0.2, 0.25) is 5.78 Å². The Morgan fingerprint density at radius 1 is 1.15 bits per heavy atom. The van der Waals surface area contributed by atoms with Crippen LogP contribution in [0.15, 0.2) is 28.7 Å². The number of aliphatic hydroxyl groups is 3. The number of Topliss-reactive ketones (excluding diaryl/α,β-unsaturated/α-hetero) is 2. The second kappa shape index (κ2) is 9.85. The van der Waals surface area contributed by atoms with E-state index in [-0.39, 0.29) is 18.5 Å². The molecule has 1 fully saturated rings. The van der Waals surface area contributed by atoms with E-state index in [4.69, 9.17) is 5.73 Å². The number of likely N-dealkylation sites (tertiary alicyclic amines) is 1. The van der Waals surface area contributed by atoms with Crippen molar-refractivity contribution in [3.05, 3.63) is 51.0 Å². The van der Waals surface area contributed by atoms with Crippen LogP contribution >= 0.6 is 0 Å². The van der Waals surface area contributed by atoms with Crippen LogP contribution in [0.3, 0.4) is 0 Å². The number of carbonyl (C=O) groups excluding carboxylic acids is 3. The number of fused-ring (bicyclic) bond motifs is 3. The smallest absolute Gasteiger partial charge is 0.417 e. The Hall–Kier alpha value is -3.42. The average molecular weight is 580 g/mol. The lowest BCUT2D eigenvalue weighted by Gasteiger charge is -2.50. The number of phenolic OH excluding ortho intramolecular Hbond substituents is 1. The number of nitrogens with two attached hydrogens (primary N) is 1. The molecular formula is C28H32F3N3O7. The number of primary amides is 1. The van der Waals surface area contributed by atoms with E-state index >= 15 is 0 Å². The fourth-order valence-corrected chi connectivity index (χ4v) is 7.23. The molecule has 222 valence electrons. The van der Waals surface area contributed by atoms with Crippen LogP contribution in [0.5, 0.6) is 5.75 Å². The maximum absolute atomic E-state index is 14.6. The van der Waals surface area contributed by atoms with Crippen molar-refractivity contribution in [2.24, 2.45) is 17.6 Å². The van der Waals surface area contributed by atoms with Crippen LogP contribution in [0.2, 0.25) is 0 Å². The van der Waals surface area contributed by atoms with Gasteiger partial charge in [0.15, 0.2) is 11.4 Å². The molecule has 0 bridgehead atoms. The van der Waals surface area contributed by atoms with Gasteiger partial charge in [-0.1, -0.05) is 6.42 Å². The summed E-state index contributed by atoms with van der Waals surface area (Å²) in [5.41, 5.74) is -1.27. The van der Waals surface area contributed by atoms with Crippen LogP contribution in [0, 0.1) is 11.8 Å². The van der Waals surface area contributed by atoms with Crippen LogP contribution in [0.25, 0.3) is 0 Å². The number of alkyl halides is 3. The minimum atomic E-state index is -4.87. The number of hydrogen-bond acceptors (Lipinski definition) is 9. The van der Waals surface area contributed by atoms with E-state index in [1.807, 2.05) is 4.90 Å². The second-order valence-corrected chi connectivity index (χ2v) is 11.6. The number of allylic oxidation sites excluding steroid dienone is 1. The molecule has 1 heterocycles. The third-order valence-corrected chi connectivity index (χ3v) is 8.93. The van der Waals surface area contributed by atoms with Crippen LogP contribution in [-0.4, -0.2) is 86.5 Å². The second-order valence-electron chi connectivity index (χ2n) is 11.6. The Morgan fingerprint density at radius 2 is 1.78 bits per heavy atom. The molecule has 6 N–H and O–H groups in total. The van der Waals surface area contributed by atoms with Gasteiger partial charge in [0.1, 0.15) is 22.8 Å². The van der Waals surface area contributed by atoms with E-state index in [1.54, 1.807) is 0 Å². The third-order valence-electron chi connectivity index (χ3n) is 8.93. The van der Waals surface area contributed by atoms with Gasteiger partial charge in [-0.3, -0.25) is 24.2 Å². The number of phenols is 1. The number of ketones is 2. The zero-order chi connectivity index (χ0) is 30.2. The SMILES string of the molecule is CN(C)[C@@H]1C(O)=C(C(N)=O)C(=O)[C@@]2(O)C(O)=C3C(=O)c4c(O)cc(CN5CCCCC5)c(C(F)(F)F)c4C[C@H]3C[C@@H]12. The zero-order valence-electron chi connectivity index (χ0n) is 22.6. The molecule has 41 heavy (non-hydrogen) atoms. The molecule has 1 aliphatic heterocycles. The van der Waals surface area contributed by atoms with Crippen molar-refractivity contribution < 1.29 is 48.0 Å². The van der Waals surface area contributed by atoms with Gasteiger partial charge in [-0.2, -0.15) is 13.2 Å². The van der Waals surface area contributed by atoms with E-state index in [9.17, 15) is 48.0 Å². The first-order valence-corrected chi connectivity index (χ1v) is 13.4. The number of nitrogens with zero attached hydrogens (tertiary/aromatic N) is 2. The van der Waals surface area contributed by atoms with Crippen LogP contribution in [0.1, 0.15) is 52.7 Å². The lowest BCUT2D eigenvalue weighted by atomic mass is 9.58. The number of benzene rings is 1. The number of piperidine rings is 1. The molecule has 4 aliphatic rings. The summed E-state index contributed by atoms with van der Waals surface area (Å²) in [7, 11) is 2.94. The predicted octanol–water partition coefficient (Wildman–Crippen LogP) is 2.13. The predicted molar refractivity (Wildman–Crippen MR) is 138 cm³/mol. The molecule has 4 atom stereocenters. The number of rotatable bonds is 4. The Balaban J connectivity index is 1.69. The highest BCUT2D eigenvalue weighted by Crippen LogP contribution is 2.54. The van der Waals surface area contributed by atoms with Gasteiger partial charge >= 0.3 is 6.18 Å². The summed E-state index contributed by atoms with van der Waals surface area (Å²) in [6, 6.07) is -0.312. The Morgan fingerprint density at radius 3 is 2.34 bits per heavy atom. The van der Waals surface area contributed by atoms with Gasteiger partial charge in [0.05, 0.1) is 17.2 Å². The first-order chi connectivity index (χ1) is 19.1. The normalized spacial score (nSPS) is 29.0. The number of hydrogen-bond donors (Lipinski definition) is 5. The first kappa shape index (κ1) is 29.1. The molecule has 1 aromatic rings. The van der Waals surface area contributed by atoms with Gasteiger partial charge in [-0.05, 0) is 76.0 Å². The lowest BCUT2D eigenvalue weighted by molar-refractivity contribution is -0.148. The summed E-state index contributed by atoms with van der Waals surface area (Å²) in [5, 5.41) is 44.6. The standard InChI is InChI=1S/C28H32F3N3O7/c1-33(2)21-15-9-12-8-14-18(16(35)10-13(20(14)28(29,30)31)11-34-6-4-3-5-7-34)22(36)17(12)24(38)27(15,41)25(39)19(23(21)37)26(32)40/h10,12,15,21,35,37-38,41H,3-9,11H2,1-2H3,(H2,32,40)/t12-,15-,21-,27-/m0/s1. The molecule has 0 saturated carbocycles. The molecule has 0 radical (unpaired) electrons. The molecule has 0 unspecified atom stereocenters. The zero-order valence-corrected chi connectivity index (χ0v) is 22.6. The molecule has 5 rings (SSSR count). The summed E-state index contributed by atoms with van der Waals surface area (Å²) >= 11 is 0. The number of halogens is 3. The van der Waals surface area contributed by atoms with Gasteiger partial charge in [0, 0.05) is 18.0 Å². The number of aliphatic hydroxyl groups excluding tert-OH is 2.